The van der Waals surface area contributed by atoms with E-state index in [1.165, 1.54) is 0 Å². The number of hydrogen-bond donors (Lipinski definition) is 0. The molecule has 3 aromatic carbocycles. The molecule has 0 aromatic heterocycles. The van der Waals surface area contributed by atoms with Crippen LogP contribution in [-0.4, -0.2) is 25.3 Å². The van der Waals surface area contributed by atoms with Gasteiger partial charge < -0.3 is 0 Å². The molecule has 160 valence electrons. The van der Waals surface area contributed by atoms with Gasteiger partial charge in [-0.15, -0.1) is 0 Å². The highest BCUT2D eigenvalue weighted by Gasteiger charge is 2.49. The molecule has 1 fully saturated rings. The molecule has 1 aliphatic heterocycles. The van der Waals surface area contributed by atoms with Crippen LogP contribution in [0, 0.1) is 6.92 Å². The predicted octanol–water partition coefficient (Wildman–Crippen LogP) is 5.71. The molecule has 1 saturated heterocycles. The fourth-order valence-corrected chi connectivity index (χ4v) is 6.27. The van der Waals surface area contributed by atoms with Gasteiger partial charge in [-0.2, -0.15) is 4.31 Å². The molecule has 0 amide bonds. The molecular formula is C27H29NO2S. The van der Waals surface area contributed by atoms with Crippen LogP contribution in [0.1, 0.15) is 37.0 Å². The molecule has 0 saturated carbocycles. The summed E-state index contributed by atoms with van der Waals surface area (Å²) in [6.07, 6.45) is 2.80. The number of hydrogen-bond acceptors (Lipinski definition) is 2. The van der Waals surface area contributed by atoms with Crippen LogP contribution in [0.2, 0.25) is 0 Å². The van der Waals surface area contributed by atoms with E-state index in [0.29, 0.717) is 17.9 Å². The molecule has 3 nitrogen and oxygen atoms in total. The van der Waals surface area contributed by atoms with Gasteiger partial charge in [0.1, 0.15) is 0 Å². The molecule has 1 heterocycles. The van der Waals surface area contributed by atoms with Crippen molar-refractivity contribution < 1.29 is 8.42 Å². The zero-order chi connectivity index (χ0) is 22.1. The Hall–Kier alpha value is -2.69. The molecule has 31 heavy (non-hydrogen) atoms. The van der Waals surface area contributed by atoms with Crippen molar-refractivity contribution in [3.05, 3.63) is 113 Å². The second kappa shape index (κ2) is 8.45. The summed E-state index contributed by atoms with van der Waals surface area (Å²) in [4.78, 5) is 0.349. The second-order valence-corrected chi connectivity index (χ2v) is 10.6. The Morgan fingerprint density at radius 2 is 1.39 bits per heavy atom. The summed E-state index contributed by atoms with van der Waals surface area (Å²) in [7, 11) is -3.65. The monoisotopic (exact) mass is 431 g/mol. The Balaban J connectivity index is 1.88. The highest BCUT2D eigenvalue weighted by molar-refractivity contribution is 7.89. The standard InChI is InChI=1S/C27H29NO2S/c1-21(2)18-25-19-27(23-10-6-4-7-11-23,24-12-8-5-9-13-24)20-28(25)31(29,30)26-16-14-22(3)15-17-26/h4-18,25H,19-20H2,1-3H3/t25-/m1/s1. The first-order valence-electron chi connectivity index (χ1n) is 10.7. The van der Waals surface area contributed by atoms with E-state index in [0.717, 1.165) is 22.3 Å². The van der Waals surface area contributed by atoms with Crippen LogP contribution in [0.15, 0.2) is 101 Å². The largest absolute Gasteiger partial charge is 0.243 e. The third kappa shape index (κ3) is 4.10. The first kappa shape index (κ1) is 21.5. The Bertz CT molecular complexity index is 1120. The van der Waals surface area contributed by atoms with Gasteiger partial charge >= 0.3 is 0 Å². The van der Waals surface area contributed by atoms with Crippen LogP contribution in [0.3, 0.4) is 0 Å². The lowest BCUT2D eigenvalue weighted by atomic mass is 9.73. The Morgan fingerprint density at radius 3 is 1.87 bits per heavy atom. The van der Waals surface area contributed by atoms with Crippen LogP contribution in [0.5, 0.6) is 0 Å². The molecule has 4 rings (SSSR count). The molecule has 3 aromatic rings. The van der Waals surface area contributed by atoms with Gasteiger partial charge in [-0.1, -0.05) is 90.0 Å². The number of aryl methyl sites for hydroxylation is 1. The zero-order valence-corrected chi connectivity index (χ0v) is 19.1. The Morgan fingerprint density at radius 1 is 0.871 bits per heavy atom. The van der Waals surface area contributed by atoms with Gasteiger partial charge in [0.2, 0.25) is 10.0 Å². The first-order valence-corrected chi connectivity index (χ1v) is 12.1. The third-order valence-corrected chi connectivity index (χ3v) is 8.04. The highest BCUT2D eigenvalue weighted by Crippen LogP contribution is 2.46. The van der Waals surface area contributed by atoms with Gasteiger partial charge in [-0.25, -0.2) is 8.42 Å². The maximum atomic E-state index is 13.8. The lowest BCUT2D eigenvalue weighted by molar-refractivity contribution is 0.422. The van der Waals surface area contributed by atoms with Crippen molar-refractivity contribution in [3.8, 4) is 0 Å². The van der Waals surface area contributed by atoms with E-state index in [1.54, 1.807) is 16.4 Å². The van der Waals surface area contributed by atoms with Crippen molar-refractivity contribution in [2.75, 3.05) is 6.54 Å². The fraction of sp³-hybridized carbons (Fsp3) is 0.259. The van der Waals surface area contributed by atoms with Crippen molar-refractivity contribution in [2.24, 2.45) is 0 Å². The van der Waals surface area contributed by atoms with Gasteiger partial charge in [0.25, 0.3) is 0 Å². The van der Waals surface area contributed by atoms with E-state index < -0.39 is 15.4 Å². The summed E-state index contributed by atoms with van der Waals surface area (Å²) >= 11 is 0. The minimum Gasteiger partial charge on any atom is -0.207 e. The quantitative estimate of drug-likeness (QED) is 0.485. The summed E-state index contributed by atoms with van der Waals surface area (Å²) < 4.78 is 29.3. The van der Waals surface area contributed by atoms with E-state index in [2.05, 4.69) is 30.3 Å². The summed E-state index contributed by atoms with van der Waals surface area (Å²) in [6.45, 7) is 6.43. The van der Waals surface area contributed by atoms with Crippen LogP contribution in [-0.2, 0) is 15.4 Å². The molecule has 0 bridgehead atoms. The topological polar surface area (TPSA) is 37.4 Å². The SMILES string of the molecule is CC(C)=C[C@@H]1CC(c2ccccc2)(c2ccccc2)CN1S(=O)(=O)c1ccc(C)cc1. The van der Waals surface area contributed by atoms with E-state index in [9.17, 15) is 8.42 Å². The van der Waals surface area contributed by atoms with Crippen LogP contribution < -0.4 is 0 Å². The van der Waals surface area contributed by atoms with Crippen LogP contribution in [0.4, 0.5) is 0 Å². The average Bonchev–Trinajstić information content (AvgIpc) is 3.16. The van der Waals surface area contributed by atoms with Gasteiger partial charge in [0.05, 0.1) is 4.90 Å². The summed E-state index contributed by atoms with van der Waals surface area (Å²) in [5.41, 5.74) is 4.05. The third-order valence-electron chi connectivity index (χ3n) is 6.16. The van der Waals surface area contributed by atoms with E-state index in [4.69, 9.17) is 0 Å². The highest BCUT2D eigenvalue weighted by atomic mass is 32.2. The van der Waals surface area contributed by atoms with E-state index in [1.807, 2.05) is 69.3 Å². The van der Waals surface area contributed by atoms with E-state index >= 15 is 0 Å². The Labute approximate surface area is 186 Å². The van der Waals surface area contributed by atoms with Gasteiger partial charge in [-0.3, -0.25) is 0 Å². The Kier molecular flexibility index (Phi) is 5.87. The van der Waals surface area contributed by atoms with Crippen molar-refractivity contribution in [1.82, 2.24) is 4.31 Å². The molecule has 4 heteroatoms. The normalized spacial score (nSPS) is 18.6. The molecule has 0 unspecified atom stereocenters. The number of nitrogens with zero attached hydrogens (tertiary/aromatic N) is 1. The minimum atomic E-state index is -3.65. The average molecular weight is 432 g/mol. The molecule has 0 aliphatic carbocycles. The summed E-state index contributed by atoms with van der Waals surface area (Å²) in [5.74, 6) is 0. The fourth-order valence-electron chi connectivity index (χ4n) is 4.64. The first-order chi connectivity index (χ1) is 14.8. The van der Waals surface area contributed by atoms with Gasteiger partial charge in [0, 0.05) is 18.0 Å². The van der Waals surface area contributed by atoms with Gasteiger partial charge in [-0.05, 0) is 50.5 Å². The maximum absolute atomic E-state index is 13.8. The number of rotatable bonds is 5. The lowest BCUT2D eigenvalue weighted by Crippen LogP contribution is -2.37. The molecule has 1 atom stereocenters. The lowest BCUT2D eigenvalue weighted by Gasteiger charge is -2.30. The molecule has 0 spiro atoms. The second-order valence-electron chi connectivity index (χ2n) is 8.69. The van der Waals surface area contributed by atoms with Crippen molar-refractivity contribution >= 4 is 10.0 Å². The van der Waals surface area contributed by atoms with E-state index in [-0.39, 0.29) is 6.04 Å². The number of allylic oxidation sites excluding steroid dienone is 1. The molecule has 0 N–H and O–H groups in total. The van der Waals surface area contributed by atoms with Gasteiger partial charge in [0.15, 0.2) is 0 Å². The van der Waals surface area contributed by atoms with Crippen LogP contribution in [0.25, 0.3) is 0 Å². The van der Waals surface area contributed by atoms with Crippen molar-refractivity contribution in [3.63, 3.8) is 0 Å². The van der Waals surface area contributed by atoms with Crippen molar-refractivity contribution in [2.45, 2.75) is 43.5 Å². The van der Waals surface area contributed by atoms with Crippen LogP contribution >= 0.6 is 0 Å². The zero-order valence-electron chi connectivity index (χ0n) is 18.3. The summed E-state index contributed by atoms with van der Waals surface area (Å²) in [6, 6.07) is 27.6. The number of benzene rings is 3. The minimum absolute atomic E-state index is 0.211. The molecule has 1 aliphatic rings. The number of sulfonamides is 1. The summed E-state index contributed by atoms with van der Waals surface area (Å²) in [5, 5.41) is 0. The van der Waals surface area contributed by atoms with Crippen molar-refractivity contribution in [1.29, 1.82) is 0 Å². The molecular weight excluding hydrogens is 402 g/mol. The maximum Gasteiger partial charge on any atom is 0.243 e. The predicted molar refractivity (Wildman–Crippen MR) is 127 cm³/mol. The smallest absolute Gasteiger partial charge is 0.207 e. The molecule has 0 radical (unpaired) electrons.